The quantitative estimate of drug-likeness (QED) is 0.653. The molecule has 0 radical (unpaired) electrons. The van der Waals surface area contributed by atoms with E-state index in [1.807, 2.05) is 0 Å². The Kier molecular flexibility index (Phi) is 4.22. The molecule has 0 spiro atoms. The summed E-state index contributed by atoms with van der Waals surface area (Å²) in [4.78, 5) is 34.3. The van der Waals surface area contributed by atoms with Crippen LogP contribution >= 0.6 is 0 Å². The summed E-state index contributed by atoms with van der Waals surface area (Å²) in [5, 5.41) is 19.2. The van der Waals surface area contributed by atoms with E-state index in [1.165, 1.54) is 0 Å². The smallest absolute Gasteiger partial charge is 0.471 e. The van der Waals surface area contributed by atoms with Crippen LogP contribution in [-0.4, -0.2) is 39.6 Å². The highest BCUT2D eigenvalue weighted by atomic mass is 19.4. The third kappa shape index (κ3) is 3.40. The van der Waals surface area contributed by atoms with Gasteiger partial charge in [-0.05, 0) is 6.07 Å². The fourth-order valence-corrected chi connectivity index (χ4v) is 1.27. The number of carboxylic acid groups (broad SMARTS) is 1. The fourth-order valence-electron chi connectivity index (χ4n) is 1.27. The van der Waals surface area contributed by atoms with Gasteiger partial charge in [-0.2, -0.15) is 13.2 Å². The third-order valence-electron chi connectivity index (χ3n) is 2.00. The Hall–Kier alpha value is -2.72. The zero-order chi connectivity index (χ0) is 15.5. The Bertz CT molecular complexity index is 560. The van der Waals surface area contributed by atoms with Crippen LogP contribution in [0.5, 0.6) is 0 Å². The van der Waals surface area contributed by atoms with Gasteiger partial charge in [-0.25, -0.2) is 4.98 Å². The lowest BCUT2D eigenvalue weighted by Crippen LogP contribution is -2.44. The van der Waals surface area contributed by atoms with Crippen LogP contribution in [0.1, 0.15) is 0 Å². The van der Waals surface area contributed by atoms with Crippen molar-refractivity contribution in [2.45, 2.75) is 6.18 Å². The number of anilines is 1. The van der Waals surface area contributed by atoms with Crippen LogP contribution in [0.15, 0.2) is 18.3 Å². The Morgan fingerprint density at radius 2 is 2.05 bits per heavy atom. The summed E-state index contributed by atoms with van der Waals surface area (Å²) in [7, 11) is 0. The van der Waals surface area contributed by atoms with Gasteiger partial charge in [0.2, 0.25) is 5.82 Å². The van der Waals surface area contributed by atoms with Gasteiger partial charge in [-0.3, -0.25) is 24.6 Å². The van der Waals surface area contributed by atoms with Gasteiger partial charge in [0.25, 0.3) is 0 Å². The molecule has 0 aliphatic rings. The van der Waals surface area contributed by atoms with Crippen molar-refractivity contribution in [2.24, 2.45) is 0 Å². The second-order valence-electron chi connectivity index (χ2n) is 3.39. The van der Waals surface area contributed by atoms with Gasteiger partial charge in [0.1, 0.15) is 6.54 Å². The lowest BCUT2D eigenvalue weighted by molar-refractivity contribution is -0.384. The molecule has 11 heteroatoms. The van der Waals surface area contributed by atoms with E-state index >= 15 is 0 Å². The number of halogens is 3. The van der Waals surface area contributed by atoms with Crippen LogP contribution in [0.3, 0.4) is 0 Å². The van der Waals surface area contributed by atoms with Crippen LogP contribution in [0.2, 0.25) is 0 Å². The van der Waals surface area contributed by atoms with Crippen LogP contribution in [0.4, 0.5) is 24.7 Å². The van der Waals surface area contributed by atoms with Gasteiger partial charge in [-0.1, -0.05) is 0 Å². The molecule has 0 atom stereocenters. The van der Waals surface area contributed by atoms with Crippen molar-refractivity contribution in [1.82, 2.24) is 4.98 Å². The van der Waals surface area contributed by atoms with E-state index in [1.54, 1.807) is 0 Å². The van der Waals surface area contributed by atoms with Crippen LogP contribution in [-0.2, 0) is 9.59 Å². The van der Waals surface area contributed by atoms with E-state index in [-0.39, 0.29) is 4.90 Å². The maximum atomic E-state index is 12.4. The summed E-state index contributed by atoms with van der Waals surface area (Å²) >= 11 is 0. The molecule has 1 aromatic heterocycles. The fraction of sp³-hybridized carbons (Fsp3) is 0.222. The predicted molar refractivity (Wildman–Crippen MR) is 56.9 cm³/mol. The molecule has 8 nitrogen and oxygen atoms in total. The van der Waals surface area contributed by atoms with Crippen molar-refractivity contribution in [1.29, 1.82) is 0 Å². The number of hydrogen-bond donors (Lipinski definition) is 1. The van der Waals surface area contributed by atoms with Gasteiger partial charge < -0.3 is 5.11 Å². The molecule has 1 heterocycles. The Labute approximate surface area is 108 Å². The number of carbonyl (C=O) groups excluding carboxylic acids is 1. The number of hydrogen-bond acceptors (Lipinski definition) is 5. The minimum absolute atomic E-state index is 0.305. The lowest BCUT2D eigenvalue weighted by Gasteiger charge is -2.20. The summed E-state index contributed by atoms with van der Waals surface area (Å²) < 4.78 is 37.2. The number of carboxylic acids is 1. The minimum atomic E-state index is -5.39. The third-order valence-corrected chi connectivity index (χ3v) is 2.00. The molecule has 0 unspecified atom stereocenters. The normalized spacial score (nSPS) is 10.9. The monoisotopic (exact) mass is 293 g/mol. The van der Waals surface area contributed by atoms with E-state index in [0.717, 1.165) is 18.3 Å². The molecule has 0 bridgehead atoms. The first-order valence-corrected chi connectivity index (χ1v) is 4.84. The first-order chi connectivity index (χ1) is 9.14. The standard InChI is InChI=1S/C9H6F3N3O5/c10-9(11,12)8(18)14(4-6(16)17)7-5(15(19)20)2-1-3-13-7/h1-3H,4H2,(H,16,17). The van der Waals surface area contributed by atoms with Gasteiger partial charge in [0, 0.05) is 12.3 Å². The second-order valence-corrected chi connectivity index (χ2v) is 3.39. The molecule has 1 rings (SSSR count). The van der Waals surface area contributed by atoms with Crippen LogP contribution in [0.25, 0.3) is 0 Å². The van der Waals surface area contributed by atoms with Gasteiger partial charge in [0.05, 0.1) is 4.92 Å². The molecule has 20 heavy (non-hydrogen) atoms. The number of carbonyl (C=O) groups is 2. The van der Waals surface area contributed by atoms with Crippen molar-refractivity contribution < 1.29 is 32.8 Å². The number of amides is 1. The number of pyridine rings is 1. The maximum Gasteiger partial charge on any atom is 0.471 e. The van der Waals surface area contributed by atoms with Crippen molar-refractivity contribution in [3.05, 3.63) is 28.4 Å². The van der Waals surface area contributed by atoms with Crippen molar-refractivity contribution >= 4 is 23.4 Å². The van der Waals surface area contributed by atoms with E-state index < -0.39 is 41.0 Å². The van der Waals surface area contributed by atoms with E-state index in [9.17, 15) is 32.9 Å². The Balaban J connectivity index is 3.35. The maximum absolute atomic E-state index is 12.4. The molecular formula is C9H6F3N3O5. The first kappa shape index (κ1) is 15.3. The Morgan fingerprint density at radius 1 is 1.45 bits per heavy atom. The molecule has 0 saturated carbocycles. The molecular weight excluding hydrogens is 287 g/mol. The van der Waals surface area contributed by atoms with Gasteiger partial charge >= 0.3 is 23.7 Å². The summed E-state index contributed by atoms with van der Waals surface area (Å²) in [6.45, 7) is -1.41. The van der Waals surface area contributed by atoms with Gasteiger partial charge in [0.15, 0.2) is 0 Å². The Morgan fingerprint density at radius 3 is 2.50 bits per heavy atom. The molecule has 0 saturated heterocycles. The number of aliphatic carboxylic acids is 1. The second kappa shape index (κ2) is 5.50. The highest BCUT2D eigenvalue weighted by molar-refractivity contribution is 6.01. The topological polar surface area (TPSA) is 114 Å². The SMILES string of the molecule is O=C(O)CN(C(=O)C(F)(F)F)c1ncccc1[N+](=O)[O-]. The molecule has 108 valence electrons. The number of nitrogens with zero attached hydrogens (tertiary/aromatic N) is 3. The predicted octanol–water partition coefficient (Wildman–Crippen LogP) is 0.970. The highest BCUT2D eigenvalue weighted by Crippen LogP contribution is 2.28. The van der Waals surface area contributed by atoms with Crippen LogP contribution < -0.4 is 4.90 Å². The van der Waals surface area contributed by atoms with Crippen molar-refractivity contribution in [2.75, 3.05) is 11.4 Å². The zero-order valence-corrected chi connectivity index (χ0v) is 9.49. The van der Waals surface area contributed by atoms with E-state index in [2.05, 4.69) is 4.98 Å². The summed E-state index contributed by atoms with van der Waals surface area (Å²) in [6.07, 6.45) is -4.48. The highest BCUT2D eigenvalue weighted by Gasteiger charge is 2.45. The first-order valence-electron chi connectivity index (χ1n) is 4.84. The van der Waals surface area contributed by atoms with Gasteiger partial charge in [-0.15, -0.1) is 0 Å². The largest absolute Gasteiger partial charge is 0.480 e. The molecule has 1 N–H and O–H groups in total. The zero-order valence-electron chi connectivity index (χ0n) is 9.49. The van der Waals surface area contributed by atoms with E-state index in [4.69, 9.17) is 5.11 Å². The number of aromatic nitrogens is 1. The lowest BCUT2D eigenvalue weighted by atomic mass is 10.3. The van der Waals surface area contributed by atoms with E-state index in [0.29, 0.717) is 0 Å². The molecule has 1 amide bonds. The minimum Gasteiger partial charge on any atom is -0.480 e. The molecule has 1 aromatic rings. The molecule has 0 aliphatic carbocycles. The van der Waals surface area contributed by atoms with Crippen molar-refractivity contribution in [3.63, 3.8) is 0 Å². The molecule has 0 aromatic carbocycles. The number of nitro groups is 1. The summed E-state index contributed by atoms with van der Waals surface area (Å²) in [5.41, 5.74) is -0.911. The number of alkyl halides is 3. The molecule has 0 aliphatic heterocycles. The average molecular weight is 293 g/mol. The van der Waals surface area contributed by atoms with Crippen LogP contribution in [0, 0.1) is 10.1 Å². The summed E-state index contributed by atoms with van der Waals surface area (Å²) in [6, 6.07) is 1.87. The molecule has 0 fully saturated rings. The number of rotatable bonds is 4. The van der Waals surface area contributed by atoms with Crippen molar-refractivity contribution in [3.8, 4) is 0 Å². The average Bonchev–Trinajstić information content (AvgIpc) is 2.33. The summed E-state index contributed by atoms with van der Waals surface area (Å²) in [5.74, 6) is -5.31.